The lowest BCUT2D eigenvalue weighted by Gasteiger charge is -2.33. The van der Waals surface area contributed by atoms with Crippen molar-refractivity contribution < 1.29 is 0 Å². The third kappa shape index (κ3) is 2.48. The number of nitrogens with one attached hydrogen (secondary N) is 1. The Bertz CT molecular complexity index is 832. The van der Waals surface area contributed by atoms with E-state index in [9.17, 15) is 0 Å². The molecule has 0 fully saturated rings. The van der Waals surface area contributed by atoms with Crippen LogP contribution in [0.2, 0.25) is 0 Å². The molecule has 0 radical (unpaired) electrons. The highest BCUT2D eigenvalue weighted by atomic mass is 15.0. The summed E-state index contributed by atoms with van der Waals surface area (Å²) in [6.07, 6.45) is 13.4. The number of pyridine rings is 3. The molecule has 3 aromatic rings. The van der Waals surface area contributed by atoms with Crippen molar-refractivity contribution in [2.45, 2.75) is 5.54 Å². The normalized spacial score (nSPS) is 15.4. The first-order valence-corrected chi connectivity index (χ1v) is 7.79. The standard InChI is InChI=1S/C20H16N4/c1-3-10-22-18(5-1)20(19-6-2-4-11-23-19)15-17(9-14-24-20)16-7-12-21-13-8-16/h1-15,24H. The minimum absolute atomic E-state index is 0.601. The molecule has 0 aliphatic carbocycles. The van der Waals surface area contributed by atoms with Crippen LogP contribution in [0.5, 0.6) is 0 Å². The molecule has 0 saturated heterocycles. The Hall–Kier alpha value is -3.27. The molecule has 4 nitrogen and oxygen atoms in total. The van der Waals surface area contributed by atoms with Crippen LogP contribution in [0.1, 0.15) is 17.0 Å². The molecular weight excluding hydrogens is 296 g/mol. The van der Waals surface area contributed by atoms with Crippen molar-refractivity contribution in [3.8, 4) is 0 Å². The maximum absolute atomic E-state index is 4.59. The molecule has 24 heavy (non-hydrogen) atoms. The predicted octanol–water partition coefficient (Wildman–Crippen LogP) is 3.32. The van der Waals surface area contributed by atoms with Crippen molar-refractivity contribution in [1.82, 2.24) is 20.3 Å². The van der Waals surface area contributed by atoms with E-state index in [0.29, 0.717) is 0 Å². The Morgan fingerprint density at radius 2 is 1.42 bits per heavy atom. The van der Waals surface area contributed by atoms with Gasteiger partial charge in [0.05, 0.1) is 11.4 Å². The molecule has 0 aromatic carbocycles. The highest BCUT2D eigenvalue weighted by molar-refractivity contribution is 5.77. The van der Waals surface area contributed by atoms with Gasteiger partial charge in [0.15, 0.2) is 0 Å². The zero-order valence-corrected chi connectivity index (χ0v) is 13.0. The van der Waals surface area contributed by atoms with Crippen LogP contribution >= 0.6 is 0 Å². The minimum Gasteiger partial charge on any atom is -0.372 e. The molecule has 116 valence electrons. The number of allylic oxidation sites excluding steroid dienone is 2. The molecule has 0 bridgehead atoms. The SMILES string of the molecule is C1=CC(c2ccncc2)=CC(c2ccccn2)(c2ccccn2)N1. The third-order valence-electron chi connectivity index (χ3n) is 4.10. The molecule has 1 N–H and O–H groups in total. The molecule has 0 unspecified atom stereocenters. The smallest absolute Gasteiger partial charge is 0.141 e. The molecule has 4 rings (SSSR count). The van der Waals surface area contributed by atoms with E-state index < -0.39 is 5.54 Å². The Labute approximate surface area is 140 Å². The molecule has 4 heterocycles. The molecule has 0 spiro atoms. The zero-order chi connectivity index (χ0) is 16.2. The van der Waals surface area contributed by atoms with E-state index in [0.717, 1.165) is 22.5 Å². The lowest BCUT2D eigenvalue weighted by atomic mass is 9.84. The highest BCUT2D eigenvalue weighted by Crippen LogP contribution is 2.34. The first-order chi connectivity index (χ1) is 11.9. The summed E-state index contributed by atoms with van der Waals surface area (Å²) < 4.78 is 0. The monoisotopic (exact) mass is 312 g/mol. The summed E-state index contributed by atoms with van der Waals surface area (Å²) >= 11 is 0. The molecule has 1 aliphatic heterocycles. The molecule has 1 aliphatic rings. The minimum atomic E-state index is -0.601. The molecule has 0 amide bonds. The van der Waals surface area contributed by atoms with E-state index >= 15 is 0 Å². The van der Waals surface area contributed by atoms with Crippen molar-refractivity contribution in [3.63, 3.8) is 0 Å². The van der Waals surface area contributed by atoms with Gasteiger partial charge >= 0.3 is 0 Å². The van der Waals surface area contributed by atoms with E-state index in [4.69, 9.17) is 0 Å². The fraction of sp³-hybridized carbons (Fsp3) is 0.0500. The summed E-state index contributed by atoms with van der Waals surface area (Å²) in [5.74, 6) is 0. The van der Waals surface area contributed by atoms with Gasteiger partial charge in [-0.1, -0.05) is 12.1 Å². The van der Waals surface area contributed by atoms with Crippen LogP contribution < -0.4 is 5.32 Å². The number of hydrogen-bond acceptors (Lipinski definition) is 4. The van der Waals surface area contributed by atoms with Crippen molar-refractivity contribution in [1.29, 1.82) is 0 Å². The highest BCUT2D eigenvalue weighted by Gasteiger charge is 2.35. The second-order valence-corrected chi connectivity index (χ2v) is 5.55. The van der Waals surface area contributed by atoms with Crippen LogP contribution in [-0.2, 0) is 5.54 Å². The number of aromatic nitrogens is 3. The number of hydrogen-bond donors (Lipinski definition) is 1. The van der Waals surface area contributed by atoms with Gasteiger partial charge in [0, 0.05) is 24.8 Å². The van der Waals surface area contributed by atoms with Gasteiger partial charge in [0.25, 0.3) is 0 Å². The lowest BCUT2D eigenvalue weighted by Crippen LogP contribution is -2.41. The first-order valence-electron chi connectivity index (χ1n) is 7.79. The van der Waals surface area contributed by atoms with Gasteiger partial charge in [0.1, 0.15) is 5.54 Å². The van der Waals surface area contributed by atoms with Crippen LogP contribution in [0.15, 0.2) is 91.7 Å². The first kappa shape index (κ1) is 14.3. The van der Waals surface area contributed by atoms with Crippen molar-refractivity contribution in [3.05, 3.63) is 109 Å². The maximum atomic E-state index is 4.59. The molecular formula is C20H16N4. The van der Waals surface area contributed by atoms with Crippen LogP contribution in [0.25, 0.3) is 5.57 Å². The van der Waals surface area contributed by atoms with E-state index in [-0.39, 0.29) is 0 Å². The van der Waals surface area contributed by atoms with E-state index in [2.05, 4.69) is 32.4 Å². The Kier molecular flexibility index (Phi) is 3.63. The average Bonchev–Trinajstić information content (AvgIpc) is 2.70. The van der Waals surface area contributed by atoms with Crippen molar-refractivity contribution >= 4 is 5.57 Å². The van der Waals surface area contributed by atoms with Crippen LogP contribution in [0, 0.1) is 0 Å². The van der Waals surface area contributed by atoms with Gasteiger partial charge in [-0.15, -0.1) is 0 Å². The van der Waals surface area contributed by atoms with Gasteiger partial charge in [-0.3, -0.25) is 15.0 Å². The van der Waals surface area contributed by atoms with E-state index in [1.807, 2.05) is 54.7 Å². The van der Waals surface area contributed by atoms with Gasteiger partial charge in [-0.2, -0.15) is 0 Å². The fourth-order valence-electron chi connectivity index (χ4n) is 2.93. The van der Waals surface area contributed by atoms with Crippen molar-refractivity contribution in [2.75, 3.05) is 0 Å². The number of rotatable bonds is 3. The zero-order valence-electron chi connectivity index (χ0n) is 13.0. The maximum Gasteiger partial charge on any atom is 0.141 e. The topological polar surface area (TPSA) is 50.7 Å². The molecule has 4 heteroatoms. The molecule has 3 aromatic heterocycles. The van der Waals surface area contributed by atoms with Gasteiger partial charge in [-0.25, -0.2) is 0 Å². The predicted molar refractivity (Wildman–Crippen MR) is 93.7 cm³/mol. The Balaban J connectivity index is 1.92. The summed E-state index contributed by atoms with van der Waals surface area (Å²) in [5, 5.41) is 3.47. The van der Waals surface area contributed by atoms with E-state index in [1.165, 1.54) is 0 Å². The second kappa shape index (κ2) is 6.08. The summed E-state index contributed by atoms with van der Waals surface area (Å²) in [4.78, 5) is 13.3. The lowest BCUT2D eigenvalue weighted by molar-refractivity contribution is 0.535. The van der Waals surface area contributed by atoms with Crippen LogP contribution in [0.3, 0.4) is 0 Å². The summed E-state index contributed by atoms with van der Waals surface area (Å²) in [6.45, 7) is 0. The van der Waals surface area contributed by atoms with Crippen LogP contribution in [0.4, 0.5) is 0 Å². The summed E-state index contributed by atoms with van der Waals surface area (Å²) in [5.41, 5.74) is 3.42. The van der Waals surface area contributed by atoms with Gasteiger partial charge in [0.2, 0.25) is 0 Å². The van der Waals surface area contributed by atoms with Gasteiger partial charge in [-0.05, 0) is 65.9 Å². The summed E-state index contributed by atoms with van der Waals surface area (Å²) in [6, 6.07) is 15.9. The van der Waals surface area contributed by atoms with Crippen molar-refractivity contribution in [2.24, 2.45) is 0 Å². The number of nitrogens with zero attached hydrogens (tertiary/aromatic N) is 3. The Morgan fingerprint density at radius 3 is 2.00 bits per heavy atom. The van der Waals surface area contributed by atoms with E-state index in [1.54, 1.807) is 24.8 Å². The van der Waals surface area contributed by atoms with Gasteiger partial charge < -0.3 is 5.32 Å². The number of dihydropyridines is 1. The Morgan fingerprint density at radius 1 is 0.750 bits per heavy atom. The fourth-order valence-corrected chi connectivity index (χ4v) is 2.93. The third-order valence-corrected chi connectivity index (χ3v) is 4.10. The quantitative estimate of drug-likeness (QED) is 0.806. The average molecular weight is 312 g/mol. The largest absolute Gasteiger partial charge is 0.372 e. The van der Waals surface area contributed by atoms with Crippen LogP contribution in [-0.4, -0.2) is 15.0 Å². The molecule has 0 atom stereocenters. The molecule has 0 saturated carbocycles. The second-order valence-electron chi connectivity index (χ2n) is 5.55. The summed E-state index contributed by atoms with van der Waals surface area (Å²) in [7, 11) is 0.